The third kappa shape index (κ3) is 3.43. The predicted molar refractivity (Wildman–Crippen MR) is 82.3 cm³/mol. The minimum absolute atomic E-state index is 0.330. The van der Waals surface area contributed by atoms with E-state index in [0.29, 0.717) is 6.10 Å². The molecule has 1 fully saturated rings. The smallest absolute Gasteiger partial charge is 0.140 e. The SMILES string of the molecule is COCCNCc1cn(CC2CCCO2)c2ncccc12. The normalized spacial score (nSPS) is 18.6. The predicted octanol–water partition coefficient (Wildman–Crippen LogP) is 1.95. The van der Waals surface area contributed by atoms with Crippen molar-refractivity contribution < 1.29 is 9.47 Å². The highest BCUT2D eigenvalue weighted by Crippen LogP contribution is 2.22. The lowest BCUT2D eigenvalue weighted by Gasteiger charge is -2.10. The molecule has 5 heteroatoms. The largest absolute Gasteiger partial charge is 0.383 e. The van der Waals surface area contributed by atoms with Crippen molar-refractivity contribution in [1.29, 1.82) is 0 Å². The van der Waals surface area contributed by atoms with Gasteiger partial charge in [0, 0.05) is 44.6 Å². The molecule has 1 N–H and O–H groups in total. The van der Waals surface area contributed by atoms with Crippen LogP contribution in [0.1, 0.15) is 18.4 Å². The van der Waals surface area contributed by atoms with Gasteiger partial charge in [-0.1, -0.05) is 0 Å². The molecule has 2 aromatic heterocycles. The van der Waals surface area contributed by atoms with Gasteiger partial charge in [0.2, 0.25) is 0 Å². The minimum atomic E-state index is 0.330. The van der Waals surface area contributed by atoms with Crippen LogP contribution in [0.3, 0.4) is 0 Å². The van der Waals surface area contributed by atoms with E-state index in [4.69, 9.17) is 9.47 Å². The molecule has 21 heavy (non-hydrogen) atoms. The van der Waals surface area contributed by atoms with E-state index < -0.39 is 0 Å². The number of hydrogen-bond acceptors (Lipinski definition) is 4. The Kier molecular flexibility index (Phi) is 4.85. The van der Waals surface area contributed by atoms with Crippen LogP contribution in [-0.2, 0) is 22.6 Å². The Bertz CT molecular complexity index is 576. The van der Waals surface area contributed by atoms with Crippen LogP contribution in [0.15, 0.2) is 24.5 Å². The van der Waals surface area contributed by atoms with Gasteiger partial charge < -0.3 is 19.4 Å². The molecular weight excluding hydrogens is 266 g/mol. The van der Waals surface area contributed by atoms with Crippen molar-refractivity contribution in [2.24, 2.45) is 0 Å². The second-order valence-corrected chi connectivity index (χ2v) is 5.49. The van der Waals surface area contributed by atoms with Crippen LogP contribution >= 0.6 is 0 Å². The number of nitrogens with one attached hydrogen (secondary N) is 1. The molecule has 0 radical (unpaired) electrons. The molecule has 3 heterocycles. The Labute approximate surface area is 125 Å². The fourth-order valence-electron chi connectivity index (χ4n) is 2.88. The number of methoxy groups -OCH3 is 1. The fourth-order valence-corrected chi connectivity index (χ4v) is 2.88. The van der Waals surface area contributed by atoms with E-state index >= 15 is 0 Å². The van der Waals surface area contributed by atoms with Crippen molar-refractivity contribution in [3.05, 3.63) is 30.1 Å². The molecule has 1 saturated heterocycles. The van der Waals surface area contributed by atoms with Crippen LogP contribution in [-0.4, -0.2) is 42.5 Å². The van der Waals surface area contributed by atoms with E-state index in [-0.39, 0.29) is 0 Å². The zero-order valence-corrected chi connectivity index (χ0v) is 12.5. The van der Waals surface area contributed by atoms with Crippen LogP contribution in [0.2, 0.25) is 0 Å². The van der Waals surface area contributed by atoms with E-state index in [1.165, 1.54) is 17.4 Å². The second-order valence-electron chi connectivity index (χ2n) is 5.49. The Morgan fingerprint density at radius 1 is 1.52 bits per heavy atom. The minimum Gasteiger partial charge on any atom is -0.383 e. The van der Waals surface area contributed by atoms with Crippen molar-refractivity contribution in [2.75, 3.05) is 26.9 Å². The summed E-state index contributed by atoms with van der Waals surface area (Å²) in [5.74, 6) is 0. The van der Waals surface area contributed by atoms with Gasteiger partial charge in [0.15, 0.2) is 0 Å². The van der Waals surface area contributed by atoms with Crippen LogP contribution in [0.25, 0.3) is 11.0 Å². The van der Waals surface area contributed by atoms with Crippen molar-refractivity contribution in [1.82, 2.24) is 14.9 Å². The van der Waals surface area contributed by atoms with Gasteiger partial charge in [-0.15, -0.1) is 0 Å². The monoisotopic (exact) mass is 289 g/mol. The summed E-state index contributed by atoms with van der Waals surface area (Å²) in [6.07, 6.45) is 6.71. The molecule has 0 saturated carbocycles. The highest BCUT2D eigenvalue weighted by Gasteiger charge is 2.18. The molecule has 1 unspecified atom stereocenters. The summed E-state index contributed by atoms with van der Waals surface area (Å²) >= 11 is 0. The standard InChI is InChI=1S/C16H23N3O2/c1-20-9-7-17-10-13-11-19(12-14-4-3-8-21-14)16-15(13)5-2-6-18-16/h2,5-6,11,14,17H,3-4,7-10,12H2,1H3. The molecule has 1 aliphatic heterocycles. The number of rotatable bonds is 7. The topological polar surface area (TPSA) is 48.3 Å². The highest BCUT2D eigenvalue weighted by molar-refractivity contribution is 5.80. The van der Waals surface area contributed by atoms with Gasteiger partial charge in [0.05, 0.1) is 19.3 Å². The van der Waals surface area contributed by atoms with Crippen LogP contribution in [0.5, 0.6) is 0 Å². The first-order valence-electron chi connectivity index (χ1n) is 7.62. The van der Waals surface area contributed by atoms with Crippen LogP contribution in [0.4, 0.5) is 0 Å². The average molecular weight is 289 g/mol. The average Bonchev–Trinajstić information content (AvgIpc) is 3.13. The van der Waals surface area contributed by atoms with Gasteiger partial charge in [-0.05, 0) is 30.5 Å². The third-order valence-corrected chi connectivity index (χ3v) is 3.94. The highest BCUT2D eigenvalue weighted by atomic mass is 16.5. The van der Waals surface area contributed by atoms with Crippen molar-refractivity contribution in [3.63, 3.8) is 0 Å². The van der Waals surface area contributed by atoms with Gasteiger partial charge >= 0.3 is 0 Å². The summed E-state index contributed by atoms with van der Waals surface area (Å²) in [7, 11) is 1.72. The van der Waals surface area contributed by atoms with E-state index in [2.05, 4.69) is 27.1 Å². The van der Waals surface area contributed by atoms with Crippen LogP contribution < -0.4 is 5.32 Å². The Morgan fingerprint density at radius 2 is 2.48 bits per heavy atom. The summed E-state index contributed by atoms with van der Waals surface area (Å²) in [4.78, 5) is 4.54. The lowest BCUT2D eigenvalue weighted by Crippen LogP contribution is -2.18. The van der Waals surface area contributed by atoms with E-state index in [9.17, 15) is 0 Å². The van der Waals surface area contributed by atoms with Gasteiger partial charge in [-0.3, -0.25) is 0 Å². The summed E-state index contributed by atoms with van der Waals surface area (Å²) in [6, 6.07) is 4.14. The first-order valence-corrected chi connectivity index (χ1v) is 7.62. The van der Waals surface area contributed by atoms with Crippen molar-refractivity contribution >= 4 is 11.0 Å². The molecule has 0 amide bonds. The number of nitrogens with zero attached hydrogens (tertiary/aromatic N) is 2. The molecule has 5 nitrogen and oxygen atoms in total. The molecular formula is C16H23N3O2. The van der Waals surface area contributed by atoms with Gasteiger partial charge in [-0.2, -0.15) is 0 Å². The number of hydrogen-bond donors (Lipinski definition) is 1. The Morgan fingerprint density at radius 3 is 3.29 bits per heavy atom. The summed E-state index contributed by atoms with van der Waals surface area (Å²) in [5.41, 5.74) is 2.34. The maximum Gasteiger partial charge on any atom is 0.140 e. The number of aromatic nitrogens is 2. The Hall–Kier alpha value is -1.43. The summed E-state index contributed by atoms with van der Waals surface area (Å²) in [6.45, 7) is 4.21. The molecule has 1 aliphatic rings. The summed E-state index contributed by atoms with van der Waals surface area (Å²) in [5, 5.41) is 4.63. The van der Waals surface area contributed by atoms with Gasteiger partial charge in [0.25, 0.3) is 0 Å². The van der Waals surface area contributed by atoms with E-state index in [1.54, 1.807) is 7.11 Å². The third-order valence-electron chi connectivity index (χ3n) is 3.94. The van der Waals surface area contributed by atoms with Gasteiger partial charge in [0.1, 0.15) is 5.65 Å². The number of fused-ring (bicyclic) bond motifs is 1. The molecule has 114 valence electrons. The molecule has 0 bridgehead atoms. The Balaban J connectivity index is 1.76. The maximum atomic E-state index is 5.75. The number of pyridine rings is 1. The molecule has 1 atom stereocenters. The van der Waals surface area contributed by atoms with Crippen molar-refractivity contribution in [2.45, 2.75) is 32.0 Å². The first kappa shape index (κ1) is 14.5. The van der Waals surface area contributed by atoms with E-state index in [0.717, 1.165) is 44.9 Å². The molecule has 2 aromatic rings. The fraction of sp³-hybridized carbons (Fsp3) is 0.562. The van der Waals surface area contributed by atoms with Gasteiger partial charge in [-0.25, -0.2) is 4.98 Å². The van der Waals surface area contributed by atoms with Crippen molar-refractivity contribution in [3.8, 4) is 0 Å². The van der Waals surface area contributed by atoms with E-state index in [1.807, 2.05) is 12.3 Å². The van der Waals surface area contributed by atoms with Crippen LogP contribution in [0, 0.1) is 0 Å². The maximum absolute atomic E-state index is 5.75. The first-order chi connectivity index (χ1) is 10.4. The molecule has 3 rings (SSSR count). The molecule has 0 spiro atoms. The number of ether oxygens (including phenoxy) is 2. The quantitative estimate of drug-likeness (QED) is 0.792. The lowest BCUT2D eigenvalue weighted by molar-refractivity contribution is 0.0979. The molecule has 0 aromatic carbocycles. The zero-order valence-electron chi connectivity index (χ0n) is 12.5. The zero-order chi connectivity index (χ0) is 14.5. The second kappa shape index (κ2) is 7.02. The summed E-state index contributed by atoms with van der Waals surface area (Å²) < 4.78 is 13.0. The lowest BCUT2D eigenvalue weighted by atomic mass is 10.2. The molecule has 0 aliphatic carbocycles.